The van der Waals surface area contributed by atoms with Crippen LogP contribution in [-0.2, 0) is 4.79 Å². The van der Waals surface area contributed by atoms with Crippen LogP contribution in [0.25, 0.3) is 0 Å². The van der Waals surface area contributed by atoms with Crippen molar-refractivity contribution in [1.29, 1.82) is 0 Å². The van der Waals surface area contributed by atoms with E-state index < -0.39 is 0 Å². The molecule has 2 nitrogen and oxygen atoms in total. The molecule has 0 saturated heterocycles. The van der Waals surface area contributed by atoms with Crippen LogP contribution in [-0.4, -0.2) is 18.4 Å². The summed E-state index contributed by atoms with van der Waals surface area (Å²) in [5.41, 5.74) is 0. The summed E-state index contributed by atoms with van der Waals surface area (Å²) >= 11 is 0. The highest BCUT2D eigenvalue weighted by Crippen LogP contribution is 2.11. The Morgan fingerprint density at radius 1 is 0.762 bits per heavy atom. The molecule has 1 N–H and O–H groups in total. The molecule has 0 fully saturated rings. The van der Waals surface area contributed by atoms with Crippen LogP contribution in [0, 0.1) is 0 Å². The number of nitrogens with one attached hydrogen (secondary N) is 1. The van der Waals surface area contributed by atoms with Crippen molar-refractivity contribution in [2.24, 2.45) is 0 Å². The summed E-state index contributed by atoms with van der Waals surface area (Å²) < 4.78 is 0. The fourth-order valence-electron chi connectivity index (χ4n) is 2.61. The monoisotopic (exact) mass is 297 g/mol. The van der Waals surface area contributed by atoms with Crippen LogP contribution >= 0.6 is 0 Å². The van der Waals surface area contributed by atoms with Gasteiger partial charge in [-0.25, -0.2) is 0 Å². The highest BCUT2D eigenvalue weighted by atomic mass is 16.1. The van der Waals surface area contributed by atoms with Gasteiger partial charge in [0.2, 0.25) is 0 Å². The summed E-state index contributed by atoms with van der Waals surface area (Å²) in [6, 6.07) is 0.530. The Labute approximate surface area is 133 Å². The maximum absolute atomic E-state index is 11.7. The van der Waals surface area contributed by atoms with E-state index >= 15 is 0 Å². The van der Waals surface area contributed by atoms with Gasteiger partial charge in [-0.1, -0.05) is 78.6 Å². The topological polar surface area (TPSA) is 29.1 Å². The first kappa shape index (κ1) is 20.6. The Kier molecular flexibility index (Phi) is 15.7. The molecule has 0 radical (unpaired) electrons. The number of carbonyl (C=O) groups excluding carboxylic acids is 1. The molecule has 0 rings (SSSR count). The van der Waals surface area contributed by atoms with Crippen molar-refractivity contribution >= 4 is 5.78 Å². The zero-order valence-corrected chi connectivity index (χ0v) is 14.9. The average Bonchev–Trinajstić information content (AvgIpc) is 2.45. The predicted molar refractivity (Wildman–Crippen MR) is 93.8 cm³/mol. The van der Waals surface area contributed by atoms with E-state index in [2.05, 4.69) is 26.1 Å². The van der Waals surface area contributed by atoms with Crippen LogP contribution in [0.3, 0.4) is 0 Å². The molecular weight excluding hydrogens is 258 g/mol. The quantitative estimate of drug-likeness (QED) is 0.373. The fourth-order valence-corrected chi connectivity index (χ4v) is 2.61. The smallest absolute Gasteiger partial charge is 0.132 e. The van der Waals surface area contributed by atoms with E-state index in [1.165, 1.54) is 57.8 Å². The van der Waals surface area contributed by atoms with Crippen molar-refractivity contribution in [3.63, 3.8) is 0 Å². The zero-order chi connectivity index (χ0) is 15.8. The average molecular weight is 298 g/mol. The number of unbranched alkanes of at least 4 members (excludes halogenated alkanes) is 9. The molecule has 2 heteroatoms. The van der Waals surface area contributed by atoms with Crippen LogP contribution in [0.2, 0.25) is 0 Å². The Hall–Kier alpha value is -0.370. The fraction of sp³-hybridized carbons (Fsp3) is 0.947. The van der Waals surface area contributed by atoms with Gasteiger partial charge in [-0.05, 0) is 19.4 Å². The van der Waals surface area contributed by atoms with Crippen molar-refractivity contribution in [2.75, 3.05) is 6.54 Å². The number of ketones is 1. The lowest BCUT2D eigenvalue weighted by atomic mass is 10.0. The molecule has 0 aliphatic rings. The number of hydrogen-bond donors (Lipinski definition) is 1. The third-order valence-corrected chi connectivity index (χ3v) is 3.99. The molecule has 0 amide bonds. The molecule has 21 heavy (non-hydrogen) atoms. The molecule has 126 valence electrons. The molecule has 0 saturated carbocycles. The summed E-state index contributed by atoms with van der Waals surface area (Å²) in [4.78, 5) is 11.7. The second kappa shape index (κ2) is 16.0. The van der Waals surface area contributed by atoms with Crippen LogP contribution in [0.15, 0.2) is 0 Å². The molecule has 0 aromatic carbocycles. The molecule has 0 aromatic rings. The Bertz CT molecular complexity index is 226. The van der Waals surface area contributed by atoms with Gasteiger partial charge in [0.1, 0.15) is 5.78 Å². The summed E-state index contributed by atoms with van der Waals surface area (Å²) in [6.07, 6.45) is 15.9. The molecule has 0 aliphatic heterocycles. The summed E-state index contributed by atoms with van der Waals surface area (Å²) in [5, 5.41) is 3.36. The van der Waals surface area contributed by atoms with Gasteiger partial charge in [0.05, 0.1) is 0 Å². The van der Waals surface area contributed by atoms with Crippen LogP contribution in [0.1, 0.15) is 104 Å². The van der Waals surface area contributed by atoms with Gasteiger partial charge in [-0.2, -0.15) is 0 Å². The number of hydrogen-bond acceptors (Lipinski definition) is 2. The molecule has 0 aliphatic carbocycles. The molecule has 0 heterocycles. The highest BCUT2D eigenvalue weighted by molar-refractivity contribution is 5.78. The number of rotatable bonds is 16. The van der Waals surface area contributed by atoms with Gasteiger partial charge in [0.25, 0.3) is 0 Å². The third-order valence-electron chi connectivity index (χ3n) is 3.99. The molecular formula is C19H39NO. The van der Waals surface area contributed by atoms with E-state index in [0.29, 0.717) is 11.8 Å². The lowest BCUT2D eigenvalue weighted by Gasteiger charge is -2.07. The predicted octanol–water partition coefficient (Wildman–Crippen LogP) is 5.64. The van der Waals surface area contributed by atoms with Crippen LogP contribution in [0.5, 0.6) is 0 Å². The first-order valence-electron chi connectivity index (χ1n) is 9.42. The van der Waals surface area contributed by atoms with Crippen molar-refractivity contribution in [3.8, 4) is 0 Å². The molecule has 0 aromatic heterocycles. The summed E-state index contributed by atoms with van der Waals surface area (Å²) in [6.45, 7) is 7.53. The highest BCUT2D eigenvalue weighted by Gasteiger charge is 2.02. The van der Waals surface area contributed by atoms with Gasteiger partial charge in [-0.3, -0.25) is 4.79 Å². The van der Waals surface area contributed by atoms with E-state index in [0.717, 1.165) is 32.2 Å². The molecule has 0 atom stereocenters. The van der Waals surface area contributed by atoms with Crippen LogP contribution < -0.4 is 5.32 Å². The minimum atomic E-state index is 0.458. The lowest BCUT2D eigenvalue weighted by Crippen LogP contribution is -2.24. The lowest BCUT2D eigenvalue weighted by molar-refractivity contribution is -0.119. The Balaban J connectivity index is 3.14. The van der Waals surface area contributed by atoms with E-state index in [1.54, 1.807) is 0 Å². The first-order chi connectivity index (χ1) is 10.2. The van der Waals surface area contributed by atoms with E-state index in [-0.39, 0.29) is 0 Å². The maximum Gasteiger partial charge on any atom is 0.132 e. The first-order valence-corrected chi connectivity index (χ1v) is 9.42. The van der Waals surface area contributed by atoms with Gasteiger partial charge >= 0.3 is 0 Å². The Morgan fingerprint density at radius 2 is 1.24 bits per heavy atom. The largest absolute Gasteiger partial charge is 0.315 e. The molecule has 0 bridgehead atoms. The molecule has 0 unspecified atom stereocenters. The van der Waals surface area contributed by atoms with Crippen molar-refractivity contribution in [2.45, 2.75) is 110 Å². The van der Waals surface area contributed by atoms with Crippen molar-refractivity contribution < 1.29 is 4.79 Å². The summed E-state index contributed by atoms with van der Waals surface area (Å²) in [7, 11) is 0. The summed E-state index contributed by atoms with van der Waals surface area (Å²) in [5.74, 6) is 0.458. The van der Waals surface area contributed by atoms with E-state index in [1.807, 2.05) is 0 Å². The zero-order valence-electron chi connectivity index (χ0n) is 14.9. The number of Topliss-reactive ketones (excluding diaryl/α,β-unsaturated/α-hetero) is 1. The van der Waals surface area contributed by atoms with Gasteiger partial charge in [0.15, 0.2) is 0 Å². The van der Waals surface area contributed by atoms with E-state index in [4.69, 9.17) is 0 Å². The van der Waals surface area contributed by atoms with Gasteiger partial charge in [0, 0.05) is 18.9 Å². The van der Waals surface area contributed by atoms with Gasteiger partial charge in [-0.15, -0.1) is 0 Å². The number of carbonyl (C=O) groups is 1. The molecule has 0 spiro atoms. The second-order valence-electron chi connectivity index (χ2n) is 6.68. The third kappa shape index (κ3) is 17.6. The SMILES string of the molecule is CCCCCCCCCCCCC(=O)CCCNC(C)C. The normalized spacial score (nSPS) is 11.2. The maximum atomic E-state index is 11.7. The standard InChI is InChI=1S/C19H39NO/c1-4-5-6-7-8-9-10-11-12-13-15-19(21)16-14-17-20-18(2)3/h18,20H,4-17H2,1-3H3. The minimum Gasteiger partial charge on any atom is -0.315 e. The van der Waals surface area contributed by atoms with Crippen molar-refractivity contribution in [1.82, 2.24) is 5.32 Å². The second-order valence-corrected chi connectivity index (χ2v) is 6.68. The van der Waals surface area contributed by atoms with E-state index in [9.17, 15) is 4.79 Å². The van der Waals surface area contributed by atoms with Crippen molar-refractivity contribution in [3.05, 3.63) is 0 Å². The van der Waals surface area contributed by atoms with Gasteiger partial charge < -0.3 is 5.32 Å². The minimum absolute atomic E-state index is 0.458. The Morgan fingerprint density at radius 3 is 1.76 bits per heavy atom. The van der Waals surface area contributed by atoms with Crippen LogP contribution in [0.4, 0.5) is 0 Å².